The van der Waals surface area contributed by atoms with Gasteiger partial charge in [0.25, 0.3) is 0 Å². The molecule has 20 heavy (non-hydrogen) atoms. The SMILES string of the molecule is COC(=O)/C=C(C)\C=C\C1(O)C(C)=CC(=O)CC1(C)C. The molecule has 0 aromatic heterocycles. The number of rotatable bonds is 3. The fraction of sp³-hybridized carbons (Fsp3) is 0.500. The number of ketones is 1. The van der Waals surface area contributed by atoms with Crippen LogP contribution in [0.5, 0.6) is 0 Å². The topological polar surface area (TPSA) is 63.6 Å². The second-order valence-corrected chi connectivity index (χ2v) is 5.87. The van der Waals surface area contributed by atoms with Crippen LogP contribution in [0.1, 0.15) is 34.1 Å². The van der Waals surface area contributed by atoms with Gasteiger partial charge in [-0.1, -0.05) is 19.9 Å². The minimum atomic E-state index is -1.20. The molecule has 0 bridgehead atoms. The van der Waals surface area contributed by atoms with Crippen molar-refractivity contribution in [1.82, 2.24) is 0 Å². The molecule has 1 rings (SSSR count). The molecule has 1 aliphatic carbocycles. The third kappa shape index (κ3) is 3.25. The summed E-state index contributed by atoms with van der Waals surface area (Å²) in [6.07, 6.45) is 6.42. The van der Waals surface area contributed by atoms with Crippen LogP contribution in [0.3, 0.4) is 0 Å². The number of ether oxygens (including phenoxy) is 1. The monoisotopic (exact) mass is 278 g/mol. The van der Waals surface area contributed by atoms with Crippen molar-refractivity contribution in [3.63, 3.8) is 0 Å². The minimum Gasteiger partial charge on any atom is -0.466 e. The Hall–Kier alpha value is -1.68. The van der Waals surface area contributed by atoms with E-state index in [1.165, 1.54) is 19.3 Å². The summed E-state index contributed by atoms with van der Waals surface area (Å²) in [5.41, 5.74) is -0.511. The third-order valence-electron chi connectivity index (χ3n) is 3.76. The maximum Gasteiger partial charge on any atom is 0.330 e. The molecular weight excluding hydrogens is 256 g/mol. The molecule has 0 aromatic carbocycles. The first-order valence-corrected chi connectivity index (χ1v) is 6.52. The van der Waals surface area contributed by atoms with E-state index in [9.17, 15) is 14.7 Å². The molecule has 0 aromatic rings. The van der Waals surface area contributed by atoms with E-state index in [1.54, 1.807) is 26.0 Å². The molecule has 0 heterocycles. The highest BCUT2D eigenvalue weighted by Crippen LogP contribution is 2.44. The van der Waals surface area contributed by atoms with Crippen LogP contribution in [0.25, 0.3) is 0 Å². The van der Waals surface area contributed by atoms with Crippen molar-refractivity contribution in [2.75, 3.05) is 7.11 Å². The van der Waals surface area contributed by atoms with E-state index in [4.69, 9.17) is 0 Å². The summed E-state index contributed by atoms with van der Waals surface area (Å²) < 4.78 is 4.55. The standard InChI is InChI=1S/C16H22O4/c1-11(8-14(18)20-5)6-7-16(19)12(2)9-13(17)10-15(16,3)4/h6-9,19H,10H2,1-5H3/b7-6+,11-8-. The van der Waals surface area contributed by atoms with E-state index in [1.807, 2.05) is 13.8 Å². The summed E-state index contributed by atoms with van der Waals surface area (Å²) in [6, 6.07) is 0. The first kappa shape index (κ1) is 16.4. The van der Waals surface area contributed by atoms with Crippen molar-refractivity contribution in [3.05, 3.63) is 35.5 Å². The number of allylic oxidation sites excluding steroid dienone is 3. The smallest absolute Gasteiger partial charge is 0.330 e. The Morgan fingerprint density at radius 2 is 2.05 bits per heavy atom. The van der Waals surface area contributed by atoms with Gasteiger partial charge < -0.3 is 9.84 Å². The highest BCUT2D eigenvalue weighted by Gasteiger charge is 2.46. The van der Waals surface area contributed by atoms with Gasteiger partial charge in [-0.3, -0.25) is 4.79 Å². The average molecular weight is 278 g/mol. The van der Waals surface area contributed by atoms with Gasteiger partial charge in [0.2, 0.25) is 0 Å². The Labute approximate surface area is 119 Å². The molecule has 1 N–H and O–H groups in total. The van der Waals surface area contributed by atoms with Crippen LogP contribution in [0.15, 0.2) is 35.5 Å². The summed E-state index contributed by atoms with van der Waals surface area (Å²) in [5, 5.41) is 10.9. The normalized spacial score (nSPS) is 26.6. The zero-order valence-corrected chi connectivity index (χ0v) is 12.7. The van der Waals surface area contributed by atoms with Gasteiger partial charge in [-0.2, -0.15) is 0 Å². The molecule has 1 aliphatic rings. The summed E-state index contributed by atoms with van der Waals surface area (Å²) in [6.45, 7) is 7.19. The lowest BCUT2D eigenvalue weighted by Gasteiger charge is -2.43. The van der Waals surface area contributed by atoms with Crippen LogP contribution in [-0.2, 0) is 14.3 Å². The number of carbonyl (C=O) groups excluding carboxylic acids is 2. The Morgan fingerprint density at radius 3 is 2.55 bits per heavy atom. The third-order valence-corrected chi connectivity index (χ3v) is 3.76. The number of esters is 1. The number of methoxy groups -OCH3 is 1. The zero-order valence-electron chi connectivity index (χ0n) is 12.7. The summed E-state index contributed by atoms with van der Waals surface area (Å²) >= 11 is 0. The molecule has 0 fully saturated rings. The summed E-state index contributed by atoms with van der Waals surface area (Å²) in [7, 11) is 1.31. The number of aliphatic hydroxyl groups is 1. The molecule has 4 heteroatoms. The maximum absolute atomic E-state index is 11.6. The van der Waals surface area contributed by atoms with E-state index in [2.05, 4.69) is 4.74 Å². The first-order valence-electron chi connectivity index (χ1n) is 6.52. The number of hydrogen-bond acceptors (Lipinski definition) is 4. The van der Waals surface area contributed by atoms with Crippen molar-refractivity contribution < 1.29 is 19.4 Å². The molecule has 4 nitrogen and oxygen atoms in total. The lowest BCUT2D eigenvalue weighted by atomic mass is 9.64. The quantitative estimate of drug-likeness (QED) is 0.489. The molecule has 0 radical (unpaired) electrons. The molecule has 0 saturated heterocycles. The second-order valence-electron chi connectivity index (χ2n) is 5.87. The van der Waals surface area contributed by atoms with Crippen LogP contribution in [0.2, 0.25) is 0 Å². The molecular formula is C16H22O4. The lowest BCUT2D eigenvalue weighted by molar-refractivity contribution is -0.134. The highest BCUT2D eigenvalue weighted by molar-refractivity contribution is 5.92. The van der Waals surface area contributed by atoms with Gasteiger partial charge in [0, 0.05) is 17.9 Å². The van der Waals surface area contributed by atoms with Gasteiger partial charge >= 0.3 is 5.97 Å². The van der Waals surface area contributed by atoms with Crippen molar-refractivity contribution in [3.8, 4) is 0 Å². The largest absolute Gasteiger partial charge is 0.466 e. The van der Waals surface area contributed by atoms with E-state index in [0.717, 1.165) is 0 Å². The molecule has 0 spiro atoms. The van der Waals surface area contributed by atoms with E-state index >= 15 is 0 Å². The van der Waals surface area contributed by atoms with Crippen LogP contribution in [0, 0.1) is 5.41 Å². The van der Waals surface area contributed by atoms with E-state index in [-0.39, 0.29) is 12.2 Å². The van der Waals surface area contributed by atoms with Crippen LogP contribution < -0.4 is 0 Å². The van der Waals surface area contributed by atoms with Crippen molar-refractivity contribution in [1.29, 1.82) is 0 Å². The Balaban J connectivity index is 3.10. The number of carbonyl (C=O) groups is 2. The Morgan fingerprint density at radius 1 is 1.45 bits per heavy atom. The molecule has 110 valence electrons. The molecule has 0 saturated carbocycles. The van der Waals surface area contributed by atoms with Gasteiger partial charge in [-0.25, -0.2) is 4.79 Å². The van der Waals surface area contributed by atoms with Crippen molar-refractivity contribution in [2.45, 2.75) is 39.7 Å². The van der Waals surface area contributed by atoms with Gasteiger partial charge in [-0.15, -0.1) is 0 Å². The number of hydrogen-bond donors (Lipinski definition) is 1. The fourth-order valence-corrected chi connectivity index (χ4v) is 2.41. The highest BCUT2D eigenvalue weighted by atomic mass is 16.5. The predicted octanol–water partition coefficient (Wildman–Crippen LogP) is 2.34. The minimum absolute atomic E-state index is 0.0207. The maximum atomic E-state index is 11.6. The van der Waals surface area contributed by atoms with Gasteiger partial charge in [0.1, 0.15) is 5.60 Å². The van der Waals surface area contributed by atoms with Gasteiger partial charge in [0.15, 0.2) is 5.78 Å². The Bertz CT molecular complexity index is 509. The fourth-order valence-electron chi connectivity index (χ4n) is 2.41. The lowest BCUT2D eigenvalue weighted by Crippen LogP contribution is -2.48. The van der Waals surface area contributed by atoms with Gasteiger partial charge in [-0.05, 0) is 37.1 Å². The second kappa shape index (κ2) is 5.75. The van der Waals surface area contributed by atoms with E-state index < -0.39 is 17.0 Å². The Kier molecular flexibility index (Phi) is 4.71. The van der Waals surface area contributed by atoms with Crippen LogP contribution in [-0.4, -0.2) is 29.6 Å². The summed E-state index contributed by atoms with van der Waals surface area (Å²) in [5.74, 6) is -0.420. The first-order chi connectivity index (χ1) is 9.12. The van der Waals surface area contributed by atoms with Crippen LogP contribution >= 0.6 is 0 Å². The van der Waals surface area contributed by atoms with E-state index in [0.29, 0.717) is 11.1 Å². The molecule has 0 aliphatic heterocycles. The van der Waals surface area contributed by atoms with Crippen molar-refractivity contribution >= 4 is 11.8 Å². The molecule has 0 amide bonds. The zero-order chi connectivity index (χ0) is 15.6. The summed E-state index contributed by atoms with van der Waals surface area (Å²) in [4.78, 5) is 22.8. The van der Waals surface area contributed by atoms with Crippen molar-refractivity contribution in [2.24, 2.45) is 5.41 Å². The predicted molar refractivity (Wildman–Crippen MR) is 77.0 cm³/mol. The average Bonchev–Trinajstić information content (AvgIpc) is 2.32. The van der Waals surface area contributed by atoms with Crippen LogP contribution in [0.4, 0.5) is 0 Å². The molecule has 1 atom stereocenters. The van der Waals surface area contributed by atoms with Gasteiger partial charge in [0.05, 0.1) is 7.11 Å². The molecule has 1 unspecified atom stereocenters.